The lowest BCUT2D eigenvalue weighted by Gasteiger charge is -2.20. The van der Waals surface area contributed by atoms with E-state index in [1.807, 2.05) is 30.3 Å². The first-order valence-corrected chi connectivity index (χ1v) is 4.22. The summed E-state index contributed by atoms with van der Waals surface area (Å²) >= 11 is 4.78. The van der Waals surface area contributed by atoms with Crippen molar-refractivity contribution in [2.75, 3.05) is 0 Å². The van der Waals surface area contributed by atoms with E-state index in [2.05, 4.69) is 5.53 Å². The molecule has 0 aliphatic rings. The van der Waals surface area contributed by atoms with Gasteiger partial charge in [-0.1, -0.05) is 30.3 Å². The van der Waals surface area contributed by atoms with Crippen molar-refractivity contribution in [1.82, 2.24) is 10.5 Å². The zero-order valence-electron chi connectivity index (χ0n) is 7.10. The van der Waals surface area contributed by atoms with Crippen LogP contribution in [0.4, 0.5) is 0 Å². The summed E-state index contributed by atoms with van der Waals surface area (Å²) in [5.74, 6) is 5.23. The van der Waals surface area contributed by atoms with E-state index in [4.69, 9.17) is 23.8 Å². The van der Waals surface area contributed by atoms with Crippen LogP contribution in [0.15, 0.2) is 30.3 Å². The zero-order valence-corrected chi connectivity index (χ0v) is 7.92. The van der Waals surface area contributed by atoms with Gasteiger partial charge < -0.3 is 5.73 Å². The van der Waals surface area contributed by atoms with Gasteiger partial charge in [-0.2, -0.15) is 5.53 Å². The van der Waals surface area contributed by atoms with Crippen LogP contribution in [0.5, 0.6) is 0 Å². The predicted octanol–water partition coefficient (Wildman–Crippen LogP) is 0.110. The van der Waals surface area contributed by atoms with E-state index in [1.54, 1.807) is 0 Å². The molecule has 0 aromatic heterocycles. The Kier molecular flexibility index (Phi) is 3.63. The predicted molar refractivity (Wildman–Crippen MR) is 56.1 cm³/mol. The van der Waals surface area contributed by atoms with E-state index in [-0.39, 0.29) is 5.11 Å². The lowest BCUT2D eigenvalue weighted by Crippen LogP contribution is -2.48. The largest absolute Gasteiger partial charge is 0.375 e. The van der Waals surface area contributed by atoms with Gasteiger partial charge >= 0.3 is 0 Å². The highest BCUT2D eigenvalue weighted by atomic mass is 32.1. The van der Waals surface area contributed by atoms with E-state index in [0.29, 0.717) is 6.54 Å². The molecule has 0 amide bonds. The van der Waals surface area contributed by atoms with E-state index in [1.165, 1.54) is 5.01 Å². The number of hydrogen-bond donors (Lipinski definition) is 3. The summed E-state index contributed by atoms with van der Waals surface area (Å²) in [4.78, 5) is 0. The molecule has 4 nitrogen and oxygen atoms in total. The summed E-state index contributed by atoms with van der Waals surface area (Å²) in [5, 5.41) is 1.72. The maximum atomic E-state index is 5.41. The van der Waals surface area contributed by atoms with Crippen molar-refractivity contribution in [3.63, 3.8) is 0 Å². The Morgan fingerprint density at radius 1 is 1.38 bits per heavy atom. The highest BCUT2D eigenvalue weighted by molar-refractivity contribution is 7.80. The maximum Gasteiger partial charge on any atom is 0.182 e. The highest BCUT2D eigenvalue weighted by Crippen LogP contribution is 2.01. The van der Waals surface area contributed by atoms with Crippen LogP contribution in [0.1, 0.15) is 5.56 Å². The van der Waals surface area contributed by atoms with Gasteiger partial charge in [-0.3, -0.25) is 10.9 Å². The number of nitrogens with two attached hydrogens (primary N) is 2. The van der Waals surface area contributed by atoms with E-state index in [0.717, 1.165) is 5.56 Å². The molecule has 0 unspecified atom stereocenters. The fraction of sp³-hybridized carbons (Fsp3) is 0.125. The normalized spacial score (nSPS) is 9.62. The number of hydrazine groups is 2. The molecule has 0 fully saturated rings. The molecule has 13 heavy (non-hydrogen) atoms. The van der Waals surface area contributed by atoms with E-state index >= 15 is 0 Å². The number of nitrogens with one attached hydrogen (secondary N) is 1. The number of rotatable bonds is 3. The second-order valence-electron chi connectivity index (χ2n) is 2.54. The van der Waals surface area contributed by atoms with Crippen molar-refractivity contribution < 1.29 is 0 Å². The van der Waals surface area contributed by atoms with Crippen LogP contribution in [-0.4, -0.2) is 10.1 Å². The summed E-state index contributed by atoms with van der Waals surface area (Å²) in [6.07, 6.45) is 0. The van der Waals surface area contributed by atoms with Crippen LogP contribution in [0.3, 0.4) is 0 Å². The molecular formula is C8H12N4S. The summed E-state index contributed by atoms with van der Waals surface area (Å²) in [5.41, 5.74) is 8.92. The summed E-state index contributed by atoms with van der Waals surface area (Å²) in [6.45, 7) is 0.562. The Morgan fingerprint density at radius 3 is 2.46 bits per heavy atom. The van der Waals surface area contributed by atoms with Crippen molar-refractivity contribution in [1.29, 1.82) is 0 Å². The fourth-order valence-electron chi connectivity index (χ4n) is 0.953. The molecule has 0 aliphatic heterocycles. The first-order valence-electron chi connectivity index (χ1n) is 3.81. The third-order valence-electron chi connectivity index (χ3n) is 1.61. The van der Waals surface area contributed by atoms with Gasteiger partial charge in [0.2, 0.25) is 0 Å². The summed E-state index contributed by atoms with van der Waals surface area (Å²) in [7, 11) is 0. The van der Waals surface area contributed by atoms with Gasteiger partial charge in [-0.05, 0) is 17.8 Å². The number of hydrogen-bond acceptors (Lipinski definition) is 3. The molecule has 0 bridgehead atoms. The van der Waals surface area contributed by atoms with Crippen molar-refractivity contribution in [2.45, 2.75) is 6.54 Å². The smallest absolute Gasteiger partial charge is 0.182 e. The van der Waals surface area contributed by atoms with Gasteiger partial charge in [0.05, 0.1) is 6.54 Å². The monoisotopic (exact) mass is 196 g/mol. The minimum absolute atomic E-state index is 0.228. The zero-order chi connectivity index (χ0) is 9.68. The molecule has 1 aromatic carbocycles. The third kappa shape index (κ3) is 2.98. The SMILES string of the molecule is NNN(Cc1ccccc1)C(N)=S. The van der Waals surface area contributed by atoms with Gasteiger partial charge in [-0.25, -0.2) is 0 Å². The Labute approximate surface area is 82.4 Å². The molecule has 70 valence electrons. The van der Waals surface area contributed by atoms with Gasteiger partial charge in [0.15, 0.2) is 5.11 Å². The van der Waals surface area contributed by atoms with Crippen molar-refractivity contribution in [2.24, 2.45) is 11.6 Å². The Morgan fingerprint density at radius 2 is 2.00 bits per heavy atom. The average molecular weight is 196 g/mol. The quantitative estimate of drug-likeness (QED) is 0.364. The second-order valence-corrected chi connectivity index (χ2v) is 2.96. The molecule has 0 atom stereocenters. The summed E-state index contributed by atoms with van der Waals surface area (Å²) < 4.78 is 0. The molecule has 1 aromatic rings. The number of nitrogens with zero attached hydrogens (tertiary/aromatic N) is 1. The first kappa shape index (κ1) is 9.91. The van der Waals surface area contributed by atoms with Gasteiger partial charge in [0.1, 0.15) is 0 Å². The highest BCUT2D eigenvalue weighted by Gasteiger charge is 2.03. The molecule has 0 spiro atoms. The average Bonchev–Trinajstić information content (AvgIpc) is 2.15. The van der Waals surface area contributed by atoms with E-state index in [9.17, 15) is 0 Å². The Balaban J connectivity index is 2.62. The summed E-state index contributed by atoms with van der Waals surface area (Å²) in [6, 6.07) is 9.79. The van der Waals surface area contributed by atoms with Crippen LogP contribution in [-0.2, 0) is 6.54 Å². The molecule has 5 heteroatoms. The van der Waals surface area contributed by atoms with Crippen LogP contribution in [0.25, 0.3) is 0 Å². The third-order valence-corrected chi connectivity index (χ3v) is 1.83. The molecule has 0 saturated carbocycles. The first-order chi connectivity index (χ1) is 6.24. The van der Waals surface area contributed by atoms with Crippen LogP contribution >= 0.6 is 12.2 Å². The van der Waals surface area contributed by atoms with Crippen molar-refractivity contribution in [3.05, 3.63) is 35.9 Å². The second kappa shape index (κ2) is 4.76. The minimum atomic E-state index is 0.228. The van der Waals surface area contributed by atoms with Gasteiger partial charge in [0.25, 0.3) is 0 Å². The molecule has 0 radical (unpaired) electrons. The van der Waals surface area contributed by atoms with Crippen LogP contribution in [0.2, 0.25) is 0 Å². The molecule has 0 aliphatic carbocycles. The fourth-order valence-corrected chi connectivity index (χ4v) is 1.07. The maximum absolute atomic E-state index is 5.41. The minimum Gasteiger partial charge on any atom is -0.375 e. The Hall–Kier alpha value is -1.17. The number of thiocarbonyl (C=S) groups is 1. The van der Waals surface area contributed by atoms with Gasteiger partial charge in [-0.15, -0.1) is 0 Å². The molecule has 0 saturated heterocycles. The van der Waals surface area contributed by atoms with Crippen LogP contribution in [0, 0.1) is 0 Å². The standard InChI is InChI=1S/C8H12N4S/c9-8(13)12(11-10)6-7-4-2-1-3-5-7/h1-5,11H,6,10H2,(H2,9,13). The Bertz CT molecular complexity index is 275. The lowest BCUT2D eigenvalue weighted by molar-refractivity contribution is 0.308. The topological polar surface area (TPSA) is 67.3 Å². The van der Waals surface area contributed by atoms with Crippen molar-refractivity contribution >= 4 is 17.3 Å². The molecule has 5 N–H and O–H groups in total. The van der Waals surface area contributed by atoms with Crippen LogP contribution < -0.4 is 17.1 Å². The molecular weight excluding hydrogens is 184 g/mol. The van der Waals surface area contributed by atoms with E-state index < -0.39 is 0 Å². The molecule has 1 rings (SSSR count). The number of benzene rings is 1. The lowest BCUT2D eigenvalue weighted by atomic mass is 10.2. The van der Waals surface area contributed by atoms with Crippen molar-refractivity contribution in [3.8, 4) is 0 Å². The van der Waals surface area contributed by atoms with Gasteiger partial charge in [0, 0.05) is 0 Å². The molecule has 0 heterocycles.